The van der Waals surface area contributed by atoms with E-state index in [0.29, 0.717) is 32.0 Å². The minimum atomic E-state index is -2.54. The van der Waals surface area contributed by atoms with Crippen molar-refractivity contribution < 1.29 is 47.6 Å². The Bertz CT molecular complexity index is 1310. The molecule has 1 saturated heterocycles. The number of carbonyl (C=O) groups excluding carboxylic acids is 3. The summed E-state index contributed by atoms with van der Waals surface area (Å²) in [5.74, 6) is -3.96. The van der Waals surface area contributed by atoms with Gasteiger partial charge in [-0.15, -0.1) is 0 Å². The molecule has 0 bridgehead atoms. The molecule has 1 heterocycles. The van der Waals surface area contributed by atoms with Crippen molar-refractivity contribution in [3.05, 3.63) is 42.0 Å². The standard InChI is InChI=1S/C45H74FNO9/c1-9-11-13-17-20-27-44(53-32-33-54-44)28-21-18-15-14-16-19-22-37(45(51,29-30-46)41(50)56-43(6,7)8)39(48)47-38(40(49)55-42(3,4)5)34-35-23-25-36(26-24-35)52-31-12-10-2/h19,22-26,37-38,51H,9-18,20-21,27-34H2,1-8H3,(H,47,48)/b22-19+/t37-,38+,45+/m1/s1. The molecule has 11 heteroatoms. The molecule has 1 aromatic rings. The van der Waals surface area contributed by atoms with E-state index in [2.05, 4.69) is 19.2 Å². The molecule has 3 atom stereocenters. The van der Waals surface area contributed by atoms with Crippen LogP contribution in [-0.2, 0) is 39.8 Å². The molecule has 2 rings (SSSR count). The average molecular weight is 792 g/mol. The third-order valence-corrected chi connectivity index (χ3v) is 9.64. The molecule has 1 aliphatic rings. The molecule has 1 aliphatic heterocycles. The van der Waals surface area contributed by atoms with Gasteiger partial charge in [0.2, 0.25) is 5.91 Å². The van der Waals surface area contributed by atoms with Crippen molar-refractivity contribution in [2.45, 2.75) is 187 Å². The monoisotopic (exact) mass is 792 g/mol. The highest BCUT2D eigenvalue weighted by atomic mass is 19.1. The lowest BCUT2D eigenvalue weighted by Gasteiger charge is -2.34. The normalized spacial score (nSPS) is 16.6. The second-order valence-corrected chi connectivity index (χ2v) is 17.1. The summed E-state index contributed by atoms with van der Waals surface area (Å²) in [4.78, 5) is 41.2. The van der Waals surface area contributed by atoms with Crippen LogP contribution in [0, 0.1) is 5.92 Å². The number of halogens is 1. The first-order chi connectivity index (χ1) is 26.5. The van der Waals surface area contributed by atoms with E-state index >= 15 is 0 Å². The van der Waals surface area contributed by atoms with Crippen molar-refractivity contribution in [3.63, 3.8) is 0 Å². The van der Waals surface area contributed by atoms with Gasteiger partial charge in [-0.25, -0.2) is 9.59 Å². The van der Waals surface area contributed by atoms with Gasteiger partial charge < -0.3 is 34.1 Å². The minimum absolute atomic E-state index is 0.0660. The number of carbonyl (C=O) groups is 3. The zero-order valence-corrected chi connectivity index (χ0v) is 35.9. The van der Waals surface area contributed by atoms with Gasteiger partial charge in [0, 0.05) is 25.7 Å². The van der Waals surface area contributed by atoms with Crippen LogP contribution in [0.1, 0.15) is 157 Å². The fourth-order valence-corrected chi connectivity index (χ4v) is 6.63. The van der Waals surface area contributed by atoms with Crippen LogP contribution in [0.4, 0.5) is 4.39 Å². The quantitative estimate of drug-likeness (QED) is 0.0509. The number of alkyl halides is 1. The highest BCUT2D eigenvalue weighted by molar-refractivity contribution is 5.93. The van der Waals surface area contributed by atoms with Crippen LogP contribution in [0.2, 0.25) is 0 Å². The van der Waals surface area contributed by atoms with Crippen LogP contribution in [0.25, 0.3) is 0 Å². The summed E-state index contributed by atoms with van der Waals surface area (Å²) in [7, 11) is 0. The molecule has 0 saturated carbocycles. The van der Waals surface area contributed by atoms with Crippen LogP contribution >= 0.6 is 0 Å². The number of aliphatic hydroxyl groups is 1. The van der Waals surface area contributed by atoms with Crippen LogP contribution in [-0.4, -0.2) is 78.1 Å². The maximum Gasteiger partial charge on any atom is 0.339 e. The van der Waals surface area contributed by atoms with E-state index in [4.69, 9.17) is 23.7 Å². The summed E-state index contributed by atoms with van der Waals surface area (Å²) in [6, 6.07) is 6.05. The highest BCUT2D eigenvalue weighted by Gasteiger charge is 2.49. The molecule has 10 nitrogen and oxygen atoms in total. The van der Waals surface area contributed by atoms with Crippen molar-refractivity contribution in [3.8, 4) is 5.75 Å². The van der Waals surface area contributed by atoms with Crippen molar-refractivity contribution in [1.29, 1.82) is 0 Å². The maximum absolute atomic E-state index is 14.2. The number of ether oxygens (including phenoxy) is 5. The molecule has 56 heavy (non-hydrogen) atoms. The van der Waals surface area contributed by atoms with Gasteiger partial charge in [0.1, 0.15) is 23.0 Å². The van der Waals surface area contributed by atoms with Gasteiger partial charge in [-0.3, -0.25) is 9.18 Å². The Hall–Kier alpha value is -3.02. The number of esters is 2. The van der Waals surface area contributed by atoms with Crippen molar-refractivity contribution in [2.75, 3.05) is 26.5 Å². The van der Waals surface area contributed by atoms with E-state index in [1.165, 1.54) is 31.8 Å². The zero-order valence-electron chi connectivity index (χ0n) is 35.9. The Morgan fingerprint density at radius 2 is 1.41 bits per heavy atom. The molecule has 1 fully saturated rings. The van der Waals surface area contributed by atoms with Crippen LogP contribution in [0.5, 0.6) is 5.75 Å². The van der Waals surface area contributed by atoms with Gasteiger partial charge in [-0.05, 0) is 91.3 Å². The number of nitrogens with one attached hydrogen (secondary N) is 1. The van der Waals surface area contributed by atoms with Gasteiger partial charge in [0.25, 0.3) is 0 Å². The predicted molar refractivity (Wildman–Crippen MR) is 218 cm³/mol. The molecule has 0 aliphatic carbocycles. The van der Waals surface area contributed by atoms with Crippen LogP contribution < -0.4 is 10.1 Å². The summed E-state index contributed by atoms with van der Waals surface area (Å²) in [6.07, 6.45) is 16.4. The Morgan fingerprint density at radius 3 is 1.96 bits per heavy atom. The lowest BCUT2D eigenvalue weighted by molar-refractivity contribution is -0.184. The SMILES string of the molecule is CCCCCCCC1(CCCCCC/C=C/[C@H](C(=O)N[C@@H](Cc2ccc(OCCCC)cc2)C(=O)OC(C)(C)C)[C@@](O)(CCF)C(=O)OC(C)(C)C)OCCO1. The smallest absolute Gasteiger partial charge is 0.339 e. The van der Waals surface area contributed by atoms with E-state index in [1.54, 1.807) is 59.8 Å². The Balaban J connectivity index is 2.21. The van der Waals surface area contributed by atoms with Gasteiger partial charge in [-0.1, -0.05) is 83.1 Å². The van der Waals surface area contributed by atoms with Gasteiger partial charge >= 0.3 is 11.9 Å². The van der Waals surface area contributed by atoms with Gasteiger partial charge in [0.15, 0.2) is 11.4 Å². The average Bonchev–Trinajstić information content (AvgIpc) is 3.58. The number of benzene rings is 1. The molecule has 320 valence electrons. The van der Waals surface area contributed by atoms with Gasteiger partial charge in [-0.2, -0.15) is 0 Å². The second-order valence-electron chi connectivity index (χ2n) is 17.1. The lowest BCUT2D eigenvalue weighted by Crippen LogP contribution is -2.56. The second kappa shape index (κ2) is 24.7. The number of rotatable bonds is 27. The Labute approximate surface area is 337 Å². The molecule has 2 N–H and O–H groups in total. The largest absolute Gasteiger partial charge is 0.494 e. The topological polar surface area (TPSA) is 130 Å². The number of unbranched alkanes of at least 4 members (excludes halogenated alkanes) is 9. The summed E-state index contributed by atoms with van der Waals surface area (Å²) in [6.45, 7) is 15.1. The number of allylic oxidation sites excluding steroid dienone is 1. The molecular weight excluding hydrogens is 717 g/mol. The molecule has 1 aromatic carbocycles. The predicted octanol–water partition coefficient (Wildman–Crippen LogP) is 9.28. The van der Waals surface area contributed by atoms with Crippen molar-refractivity contribution in [2.24, 2.45) is 5.92 Å². The summed E-state index contributed by atoms with van der Waals surface area (Å²) >= 11 is 0. The molecule has 0 unspecified atom stereocenters. The summed E-state index contributed by atoms with van der Waals surface area (Å²) in [5, 5.41) is 14.6. The van der Waals surface area contributed by atoms with E-state index in [1.807, 2.05) is 12.1 Å². The van der Waals surface area contributed by atoms with Crippen molar-refractivity contribution >= 4 is 17.8 Å². The number of amides is 1. The Morgan fingerprint density at radius 1 is 0.839 bits per heavy atom. The highest BCUT2D eigenvalue weighted by Crippen LogP contribution is 2.32. The number of hydrogen-bond acceptors (Lipinski definition) is 9. The fraction of sp³-hybridized carbons (Fsp3) is 0.756. The lowest BCUT2D eigenvalue weighted by atomic mass is 9.82. The minimum Gasteiger partial charge on any atom is -0.494 e. The summed E-state index contributed by atoms with van der Waals surface area (Å²) in [5.41, 5.74) is -3.68. The first kappa shape index (κ1) is 49.1. The molecule has 0 aromatic heterocycles. The van der Waals surface area contributed by atoms with Crippen molar-refractivity contribution in [1.82, 2.24) is 5.32 Å². The van der Waals surface area contributed by atoms with E-state index in [9.17, 15) is 23.9 Å². The molecule has 0 radical (unpaired) electrons. The zero-order chi connectivity index (χ0) is 41.7. The number of hydrogen-bond donors (Lipinski definition) is 2. The summed E-state index contributed by atoms with van der Waals surface area (Å²) < 4.78 is 43.2. The first-order valence-corrected chi connectivity index (χ1v) is 21.2. The third-order valence-electron chi connectivity index (χ3n) is 9.64. The van der Waals surface area contributed by atoms with Crippen LogP contribution in [0.15, 0.2) is 36.4 Å². The van der Waals surface area contributed by atoms with E-state index in [0.717, 1.165) is 63.4 Å². The third kappa shape index (κ3) is 18.5. The van der Waals surface area contributed by atoms with Gasteiger partial charge in [0.05, 0.1) is 32.4 Å². The van der Waals surface area contributed by atoms with Crippen LogP contribution in [0.3, 0.4) is 0 Å². The fourth-order valence-electron chi connectivity index (χ4n) is 6.63. The first-order valence-electron chi connectivity index (χ1n) is 21.2. The maximum atomic E-state index is 14.2. The van der Waals surface area contributed by atoms with E-state index in [-0.39, 0.29) is 6.42 Å². The van der Waals surface area contributed by atoms with E-state index < -0.39 is 65.5 Å². The Kier molecular flexibility index (Phi) is 21.7. The molecular formula is C45H74FNO9. The molecule has 1 amide bonds. The molecule has 0 spiro atoms.